The van der Waals surface area contributed by atoms with Crippen LogP contribution in [0.15, 0.2) is 0 Å². The second-order valence-corrected chi connectivity index (χ2v) is 11.0. The molecule has 1 atom stereocenters. The highest BCUT2D eigenvalue weighted by Gasteiger charge is 2.01. The number of hydrogen-bond donors (Lipinski definition) is 1. The molecule has 0 saturated heterocycles. The molecule has 0 saturated carbocycles. The van der Waals surface area contributed by atoms with Crippen LogP contribution in [0.4, 0.5) is 0 Å². The third-order valence-corrected chi connectivity index (χ3v) is 7.52. The topological polar surface area (TPSA) is 37.3 Å². The Hall–Kier alpha value is -0.370. The van der Waals surface area contributed by atoms with Crippen LogP contribution in [0, 0.1) is 0 Å². The number of unbranched alkanes of at least 4 members (excludes halogenated alkanes) is 22. The first kappa shape index (κ1) is 33.6. The molecule has 0 bridgehead atoms. The van der Waals surface area contributed by atoms with Crippen molar-refractivity contribution >= 4 is 5.78 Å². The monoisotopic (exact) mass is 480 g/mol. The van der Waals surface area contributed by atoms with E-state index < -0.39 is 0 Å². The Kier molecular flexibility index (Phi) is 28.6. The van der Waals surface area contributed by atoms with Crippen molar-refractivity contribution in [1.82, 2.24) is 0 Å². The molecule has 2 nitrogen and oxygen atoms in total. The molecule has 0 spiro atoms. The highest BCUT2D eigenvalue weighted by Crippen LogP contribution is 2.16. The highest BCUT2D eigenvalue weighted by molar-refractivity contribution is 5.78. The van der Waals surface area contributed by atoms with Gasteiger partial charge in [-0.1, -0.05) is 155 Å². The standard InChI is InChI=1S/C32H64O2/c1-3-5-28-32(34)30-27-25-23-21-19-17-15-13-11-9-7-6-8-10-12-14-16-18-20-22-24-26-29-31(33)4-2/h31,33H,3-30H2,1-2H3. The Balaban J connectivity index is 3.07. The van der Waals surface area contributed by atoms with E-state index in [0.717, 1.165) is 44.9 Å². The van der Waals surface area contributed by atoms with E-state index in [1.165, 1.54) is 135 Å². The number of Topliss-reactive ketones (excluding diaryl/α,β-unsaturated/α-hetero) is 1. The fourth-order valence-electron chi connectivity index (χ4n) is 4.94. The lowest BCUT2D eigenvalue weighted by Gasteiger charge is -2.06. The van der Waals surface area contributed by atoms with Crippen LogP contribution < -0.4 is 0 Å². The van der Waals surface area contributed by atoms with E-state index in [0.29, 0.717) is 5.78 Å². The summed E-state index contributed by atoms with van der Waals surface area (Å²) >= 11 is 0. The molecule has 204 valence electrons. The van der Waals surface area contributed by atoms with Crippen LogP contribution in [-0.4, -0.2) is 17.0 Å². The van der Waals surface area contributed by atoms with Gasteiger partial charge in [0.2, 0.25) is 0 Å². The second kappa shape index (κ2) is 28.9. The van der Waals surface area contributed by atoms with Crippen LogP contribution in [-0.2, 0) is 4.79 Å². The summed E-state index contributed by atoms with van der Waals surface area (Å²) in [4.78, 5) is 11.6. The molecule has 0 radical (unpaired) electrons. The fourth-order valence-corrected chi connectivity index (χ4v) is 4.94. The lowest BCUT2D eigenvalue weighted by Crippen LogP contribution is -2.03. The molecule has 0 aliphatic rings. The van der Waals surface area contributed by atoms with Crippen molar-refractivity contribution in [2.24, 2.45) is 0 Å². The molecule has 34 heavy (non-hydrogen) atoms. The molecule has 1 N–H and O–H groups in total. The minimum atomic E-state index is -0.0597. The van der Waals surface area contributed by atoms with Crippen molar-refractivity contribution in [3.63, 3.8) is 0 Å². The predicted octanol–water partition coefficient (Wildman–Crippen LogP) is 10.9. The average Bonchev–Trinajstić information content (AvgIpc) is 2.85. The van der Waals surface area contributed by atoms with Gasteiger partial charge >= 0.3 is 0 Å². The van der Waals surface area contributed by atoms with E-state index in [1.54, 1.807) is 0 Å². The van der Waals surface area contributed by atoms with Gasteiger partial charge in [-0.15, -0.1) is 0 Å². The zero-order valence-corrected chi connectivity index (χ0v) is 23.7. The molecule has 0 fully saturated rings. The van der Waals surface area contributed by atoms with Gasteiger partial charge in [-0.3, -0.25) is 4.79 Å². The van der Waals surface area contributed by atoms with E-state index in [4.69, 9.17) is 0 Å². The Morgan fingerprint density at radius 3 is 1.09 bits per heavy atom. The van der Waals surface area contributed by atoms with E-state index in [-0.39, 0.29) is 6.10 Å². The molecular weight excluding hydrogens is 416 g/mol. The molecule has 1 unspecified atom stereocenters. The van der Waals surface area contributed by atoms with E-state index >= 15 is 0 Å². The summed E-state index contributed by atoms with van der Waals surface area (Å²) < 4.78 is 0. The minimum Gasteiger partial charge on any atom is -0.393 e. The first-order chi connectivity index (χ1) is 16.7. The Bertz CT molecular complexity index is 392. The SMILES string of the molecule is CCCCC(=O)CCCCCCCCCCCCCCCCCCCCCCCCC(O)CC. The van der Waals surface area contributed by atoms with Crippen molar-refractivity contribution < 1.29 is 9.90 Å². The predicted molar refractivity (Wildman–Crippen MR) is 152 cm³/mol. The van der Waals surface area contributed by atoms with Crippen LogP contribution in [0.1, 0.15) is 194 Å². The lowest BCUT2D eigenvalue weighted by atomic mass is 10.0. The summed E-state index contributed by atoms with van der Waals surface area (Å²) in [6.45, 7) is 4.23. The average molecular weight is 481 g/mol. The normalized spacial score (nSPS) is 12.3. The highest BCUT2D eigenvalue weighted by atomic mass is 16.3. The second-order valence-electron chi connectivity index (χ2n) is 11.0. The lowest BCUT2D eigenvalue weighted by molar-refractivity contribution is -0.119. The van der Waals surface area contributed by atoms with Crippen molar-refractivity contribution in [2.75, 3.05) is 0 Å². The maximum atomic E-state index is 11.6. The van der Waals surface area contributed by atoms with Crippen LogP contribution in [0.2, 0.25) is 0 Å². The Morgan fingerprint density at radius 2 is 0.765 bits per heavy atom. The largest absolute Gasteiger partial charge is 0.393 e. The van der Waals surface area contributed by atoms with Crippen molar-refractivity contribution in [3.05, 3.63) is 0 Å². The third-order valence-electron chi connectivity index (χ3n) is 7.52. The van der Waals surface area contributed by atoms with Crippen LogP contribution in [0.25, 0.3) is 0 Å². The van der Waals surface area contributed by atoms with E-state index in [2.05, 4.69) is 13.8 Å². The molecule has 2 heteroatoms. The zero-order valence-electron chi connectivity index (χ0n) is 23.7. The maximum absolute atomic E-state index is 11.6. The smallest absolute Gasteiger partial charge is 0.132 e. The molecule has 0 aromatic carbocycles. The Morgan fingerprint density at radius 1 is 0.471 bits per heavy atom. The fraction of sp³-hybridized carbons (Fsp3) is 0.969. The van der Waals surface area contributed by atoms with Gasteiger partial charge in [0.05, 0.1) is 6.10 Å². The summed E-state index contributed by atoms with van der Waals surface area (Å²) in [7, 11) is 0. The number of aliphatic hydroxyl groups excluding tert-OH is 1. The Labute approximate surface area is 215 Å². The summed E-state index contributed by atoms with van der Waals surface area (Å²) in [5.74, 6) is 0.486. The number of carbonyl (C=O) groups excluding carboxylic acids is 1. The van der Waals surface area contributed by atoms with Gasteiger partial charge in [0.1, 0.15) is 5.78 Å². The van der Waals surface area contributed by atoms with Crippen molar-refractivity contribution in [3.8, 4) is 0 Å². The van der Waals surface area contributed by atoms with Crippen LogP contribution >= 0.6 is 0 Å². The number of hydrogen-bond acceptors (Lipinski definition) is 2. The number of rotatable bonds is 29. The molecule has 0 heterocycles. The van der Waals surface area contributed by atoms with E-state index in [1.807, 2.05) is 0 Å². The molecular formula is C32H64O2. The van der Waals surface area contributed by atoms with Crippen LogP contribution in [0.3, 0.4) is 0 Å². The van der Waals surface area contributed by atoms with Gasteiger partial charge in [0, 0.05) is 12.8 Å². The van der Waals surface area contributed by atoms with E-state index in [9.17, 15) is 9.90 Å². The number of carbonyl (C=O) groups is 1. The molecule has 0 amide bonds. The van der Waals surface area contributed by atoms with Gasteiger partial charge in [-0.2, -0.15) is 0 Å². The van der Waals surface area contributed by atoms with Gasteiger partial charge in [0.15, 0.2) is 0 Å². The quantitative estimate of drug-likeness (QED) is 0.108. The third kappa shape index (κ3) is 27.9. The molecule has 0 aromatic heterocycles. The molecule has 0 rings (SSSR count). The minimum absolute atomic E-state index is 0.0597. The molecule has 0 aromatic rings. The summed E-state index contributed by atoms with van der Waals surface area (Å²) in [6, 6.07) is 0. The van der Waals surface area contributed by atoms with Gasteiger partial charge in [-0.25, -0.2) is 0 Å². The van der Waals surface area contributed by atoms with Crippen molar-refractivity contribution in [1.29, 1.82) is 0 Å². The summed E-state index contributed by atoms with van der Waals surface area (Å²) in [6.07, 6.45) is 36.1. The first-order valence-corrected chi connectivity index (χ1v) is 15.9. The zero-order chi connectivity index (χ0) is 25.0. The van der Waals surface area contributed by atoms with Crippen molar-refractivity contribution in [2.45, 2.75) is 200 Å². The van der Waals surface area contributed by atoms with Gasteiger partial charge in [0.25, 0.3) is 0 Å². The number of ketones is 1. The maximum Gasteiger partial charge on any atom is 0.132 e. The summed E-state index contributed by atoms with van der Waals surface area (Å²) in [5.41, 5.74) is 0. The summed E-state index contributed by atoms with van der Waals surface area (Å²) in [5, 5.41) is 9.55. The molecule has 0 aliphatic carbocycles. The van der Waals surface area contributed by atoms with Gasteiger partial charge < -0.3 is 5.11 Å². The molecule has 0 aliphatic heterocycles. The first-order valence-electron chi connectivity index (χ1n) is 15.9. The van der Waals surface area contributed by atoms with Gasteiger partial charge in [-0.05, 0) is 25.7 Å². The van der Waals surface area contributed by atoms with Crippen LogP contribution in [0.5, 0.6) is 0 Å². The number of aliphatic hydroxyl groups is 1.